The van der Waals surface area contributed by atoms with Gasteiger partial charge >= 0.3 is 0 Å². The van der Waals surface area contributed by atoms with Crippen LogP contribution in [0.5, 0.6) is 0 Å². The van der Waals surface area contributed by atoms with Crippen LogP contribution < -0.4 is 4.90 Å². The van der Waals surface area contributed by atoms with Gasteiger partial charge in [0.1, 0.15) is 11.6 Å². The minimum Gasteiger partial charge on any atom is -0.310 e. The Labute approximate surface area is 309 Å². The number of nitriles is 1. The number of fused-ring (bicyclic) bond motifs is 3. The second-order valence-electron chi connectivity index (χ2n) is 13.7. The summed E-state index contributed by atoms with van der Waals surface area (Å²) >= 11 is 0. The molecule has 10 rings (SSSR count). The van der Waals surface area contributed by atoms with Gasteiger partial charge in [0.25, 0.3) is 0 Å². The van der Waals surface area contributed by atoms with Crippen LogP contribution in [0.3, 0.4) is 0 Å². The maximum Gasteiger partial charge on any atom is 0.128 e. The molecule has 0 saturated heterocycles. The molecule has 0 radical (unpaired) electrons. The summed E-state index contributed by atoms with van der Waals surface area (Å²) in [5.41, 5.74) is 7.98. The Morgan fingerprint density at radius 1 is 0.481 bits per heavy atom. The third-order valence-corrected chi connectivity index (χ3v) is 10.4. The molecular weight excluding hydrogens is 669 g/mol. The number of anilines is 3. The quantitative estimate of drug-likeness (QED) is 0.128. The highest BCUT2D eigenvalue weighted by Gasteiger charge is 2.18. The summed E-state index contributed by atoms with van der Waals surface area (Å²) in [6, 6.07) is 55.8. The Hall–Kier alpha value is -7.29. The van der Waals surface area contributed by atoms with E-state index in [0.717, 1.165) is 83.0 Å². The summed E-state index contributed by atoms with van der Waals surface area (Å²) in [6.45, 7) is 0. The van der Waals surface area contributed by atoms with Crippen LogP contribution in [0.15, 0.2) is 164 Å². The van der Waals surface area contributed by atoms with E-state index in [2.05, 4.69) is 114 Å². The molecule has 0 atom stereocenters. The molecule has 0 unspecified atom stereocenters. The van der Waals surface area contributed by atoms with Crippen LogP contribution in [0.1, 0.15) is 16.7 Å². The second kappa shape index (κ2) is 12.4. The van der Waals surface area contributed by atoms with Gasteiger partial charge < -0.3 is 9.47 Å². The van der Waals surface area contributed by atoms with Crippen LogP contribution in [0, 0.1) is 23.0 Å². The predicted octanol–water partition coefficient (Wildman–Crippen LogP) is 13.5. The predicted molar refractivity (Wildman–Crippen MR) is 219 cm³/mol. The molecule has 254 valence electrons. The summed E-state index contributed by atoms with van der Waals surface area (Å²) in [5.74, 6) is -1.22. The third-order valence-electron chi connectivity index (χ3n) is 10.4. The van der Waals surface area contributed by atoms with Crippen molar-refractivity contribution in [3.8, 4) is 11.8 Å². The maximum atomic E-state index is 14.5. The van der Waals surface area contributed by atoms with Gasteiger partial charge in [-0.15, -0.1) is 0 Å². The Kier molecular flexibility index (Phi) is 7.24. The molecule has 1 aromatic heterocycles. The van der Waals surface area contributed by atoms with E-state index in [1.165, 1.54) is 17.5 Å². The molecule has 0 aliphatic rings. The molecule has 0 N–H and O–H groups in total. The largest absolute Gasteiger partial charge is 0.310 e. The van der Waals surface area contributed by atoms with Crippen molar-refractivity contribution in [2.75, 3.05) is 4.90 Å². The highest BCUT2D eigenvalue weighted by Crippen LogP contribution is 2.41. The van der Waals surface area contributed by atoms with E-state index in [4.69, 9.17) is 0 Å². The number of halogens is 2. The Balaban J connectivity index is 1.03. The molecule has 54 heavy (non-hydrogen) atoms. The van der Waals surface area contributed by atoms with Crippen molar-refractivity contribution in [1.82, 2.24) is 4.57 Å². The molecule has 3 nitrogen and oxygen atoms in total. The smallest absolute Gasteiger partial charge is 0.128 e. The number of aromatic nitrogens is 1. The van der Waals surface area contributed by atoms with Crippen LogP contribution in [0.4, 0.5) is 25.8 Å². The van der Waals surface area contributed by atoms with E-state index >= 15 is 0 Å². The molecule has 9 aromatic carbocycles. The van der Waals surface area contributed by atoms with Crippen molar-refractivity contribution >= 4 is 83.3 Å². The number of benzene rings is 9. The van der Waals surface area contributed by atoms with Crippen molar-refractivity contribution in [2.24, 2.45) is 0 Å². The van der Waals surface area contributed by atoms with Gasteiger partial charge in [-0.1, -0.05) is 84.9 Å². The first-order valence-corrected chi connectivity index (χ1v) is 17.8. The van der Waals surface area contributed by atoms with E-state index < -0.39 is 11.6 Å². The van der Waals surface area contributed by atoms with E-state index in [9.17, 15) is 14.0 Å². The van der Waals surface area contributed by atoms with Gasteiger partial charge in [-0.3, -0.25) is 0 Å². The first-order chi connectivity index (χ1) is 26.5. The first kappa shape index (κ1) is 31.4. The lowest BCUT2D eigenvalue weighted by Gasteiger charge is -2.26. The normalized spacial score (nSPS) is 11.8. The number of rotatable bonds is 6. The maximum absolute atomic E-state index is 14.5. The average molecular weight is 698 g/mol. The lowest BCUT2D eigenvalue weighted by Crippen LogP contribution is -2.09. The SMILES string of the molecule is N#Cc1ccc(N(c2ccccc2)c2ccc3c(ccc4cc(/C=C/c5cc6ccc7cccc8c7c6c(c5)n8-c5cc(F)cc(F)c5)ccc43)c2)cc1. The van der Waals surface area contributed by atoms with Crippen molar-refractivity contribution in [2.45, 2.75) is 0 Å². The minimum absolute atomic E-state index is 0.453. The van der Waals surface area contributed by atoms with Crippen LogP contribution in [0.25, 0.3) is 72.0 Å². The Morgan fingerprint density at radius 2 is 1.11 bits per heavy atom. The van der Waals surface area contributed by atoms with Crippen LogP contribution >= 0.6 is 0 Å². The van der Waals surface area contributed by atoms with E-state index in [0.29, 0.717) is 11.3 Å². The second-order valence-corrected chi connectivity index (χ2v) is 13.7. The zero-order valence-corrected chi connectivity index (χ0v) is 28.8. The summed E-state index contributed by atoms with van der Waals surface area (Å²) in [5, 5.41) is 18.3. The molecule has 0 spiro atoms. The molecule has 5 heteroatoms. The molecule has 0 aliphatic carbocycles. The van der Waals surface area contributed by atoms with Crippen molar-refractivity contribution < 1.29 is 8.78 Å². The fraction of sp³-hybridized carbons (Fsp3) is 0. The van der Waals surface area contributed by atoms with Gasteiger partial charge in [0.15, 0.2) is 0 Å². The molecular formula is C49H29F2N3. The standard InChI is InChI=1S/C49H29F2N3/c50-38-27-39(51)29-43(28-38)54-46-8-4-5-34-14-17-37-24-33(25-47(54)49(37)48(34)46)10-9-31-13-21-44-35(23-31)15-16-36-26-42(20-22-45(36)44)53(40-6-2-1-3-7-40)41-18-11-32(30-52)12-19-41/h1-29H/b10-9+. The average Bonchev–Trinajstić information content (AvgIpc) is 3.54. The van der Waals surface area contributed by atoms with Gasteiger partial charge in [0.05, 0.1) is 28.4 Å². The fourth-order valence-electron chi connectivity index (χ4n) is 7.98. The highest BCUT2D eigenvalue weighted by molar-refractivity contribution is 6.24. The number of nitrogens with zero attached hydrogens (tertiary/aromatic N) is 3. The molecule has 0 bridgehead atoms. The minimum atomic E-state index is -0.609. The topological polar surface area (TPSA) is 32.0 Å². The summed E-state index contributed by atoms with van der Waals surface area (Å²) in [7, 11) is 0. The first-order valence-electron chi connectivity index (χ1n) is 17.8. The molecule has 1 heterocycles. The van der Waals surface area contributed by atoms with E-state index in [1.54, 1.807) is 0 Å². The molecule has 10 aromatic rings. The van der Waals surface area contributed by atoms with Gasteiger partial charge in [-0.2, -0.15) is 5.26 Å². The van der Waals surface area contributed by atoms with Gasteiger partial charge in [0.2, 0.25) is 0 Å². The van der Waals surface area contributed by atoms with Crippen molar-refractivity contribution in [3.05, 3.63) is 192 Å². The monoisotopic (exact) mass is 697 g/mol. The number of hydrogen-bond donors (Lipinski definition) is 0. The fourth-order valence-corrected chi connectivity index (χ4v) is 7.98. The Morgan fingerprint density at radius 3 is 1.89 bits per heavy atom. The number of hydrogen-bond acceptors (Lipinski definition) is 2. The van der Waals surface area contributed by atoms with Crippen molar-refractivity contribution in [3.63, 3.8) is 0 Å². The lowest BCUT2D eigenvalue weighted by molar-refractivity contribution is 0.582. The molecule has 0 amide bonds. The van der Waals surface area contributed by atoms with Crippen LogP contribution in [0.2, 0.25) is 0 Å². The van der Waals surface area contributed by atoms with Gasteiger partial charge in [0, 0.05) is 33.9 Å². The lowest BCUT2D eigenvalue weighted by atomic mass is 9.98. The summed E-state index contributed by atoms with van der Waals surface area (Å²) in [4.78, 5) is 2.20. The van der Waals surface area contributed by atoms with Gasteiger partial charge in [-0.05, 0) is 128 Å². The van der Waals surface area contributed by atoms with E-state index in [1.807, 2.05) is 59.2 Å². The molecule has 0 aliphatic heterocycles. The van der Waals surface area contributed by atoms with Crippen LogP contribution in [-0.2, 0) is 0 Å². The highest BCUT2D eigenvalue weighted by atomic mass is 19.1. The zero-order valence-electron chi connectivity index (χ0n) is 28.8. The number of para-hydroxylation sites is 1. The summed E-state index contributed by atoms with van der Waals surface area (Å²) in [6.07, 6.45) is 4.21. The molecule has 0 fully saturated rings. The van der Waals surface area contributed by atoms with Crippen LogP contribution in [-0.4, -0.2) is 4.57 Å². The third kappa shape index (κ3) is 5.24. The summed E-state index contributed by atoms with van der Waals surface area (Å²) < 4.78 is 30.9. The van der Waals surface area contributed by atoms with Crippen molar-refractivity contribution in [1.29, 1.82) is 5.26 Å². The zero-order chi connectivity index (χ0) is 36.3. The Bertz CT molecular complexity index is 3120. The molecule has 0 saturated carbocycles. The van der Waals surface area contributed by atoms with Gasteiger partial charge in [-0.25, -0.2) is 8.78 Å². The van der Waals surface area contributed by atoms with E-state index in [-0.39, 0.29) is 0 Å².